The highest BCUT2D eigenvalue weighted by atomic mass is 35.5. The van der Waals surface area contributed by atoms with Gasteiger partial charge in [-0.2, -0.15) is 4.98 Å². The number of aromatic nitrogens is 2. The lowest BCUT2D eigenvalue weighted by Crippen LogP contribution is -2.50. The lowest BCUT2D eigenvalue weighted by molar-refractivity contribution is 0.493. The second-order valence-electron chi connectivity index (χ2n) is 5.55. The molecule has 1 fully saturated rings. The third-order valence-electron chi connectivity index (χ3n) is 3.74. The van der Waals surface area contributed by atoms with Gasteiger partial charge in [-0.1, -0.05) is 12.1 Å². The number of nitrogens with zero attached hydrogens (tertiary/aromatic N) is 3. The molecule has 1 aliphatic heterocycles. The second kappa shape index (κ2) is 7.57. The Morgan fingerprint density at radius 2 is 2.09 bits per heavy atom. The smallest absolute Gasteiger partial charge is 0.227 e. The van der Waals surface area contributed by atoms with Crippen LogP contribution in [0.5, 0.6) is 0 Å². The minimum Gasteiger partial charge on any atom is -0.338 e. The topological polar surface area (TPSA) is 53.1 Å². The van der Waals surface area contributed by atoms with Crippen molar-refractivity contribution in [3.8, 4) is 0 Å². The van der Waals surface area contributed by atoms with Gasteiger partial charge in [-0.05, 0) is 26.0 Å². The highest BCUT2D eigenvalue weighted by Gasteiger charge is 2.21. The summed E-state index contributed by atoms with van der Waals surface area (Å²) in [5.74, 6) is 1.00. The zero-order chi connectivity index (χ0) is 15.5. The number of halogens is 2. The maximum absolute atomic E-state index is 13.8. The Balaban J connectivity index is 0.00000192. The van der Waals surface area contributed by atoms with Crippen molar-refractivity contribution in [2.75, 3.05) is 29.9 Å². The molecule has 3 rings (SSSR count). The molecule has 1 aliphatic rings. The van der Waals surface area contributed by atoms with Crippen molar-refractivity contribution in [1.82, 2.24) is 15.3 Å². The van der Waals surface area contributed by atoms with Crippen LogP contribution in [0, 0.1) is 12.7 Å². The first-order chi connectivity index (χ1) is 10.6. The molecule has 0 bridgehead atoms. The fourth-order valence-electron chi connectivity index (χ4n) is 2.58. The molecule has 2 N–H and O–H groups in total. The summed E-state index contributed by atoms with van der Waals surface area (Å²) in [6.07, 6.45) is 0. The summed E-state index contributed by atoms with van der Waals surface area (Å²) in [7, 11) is 0. The van der Waals surface area contributed by atoms with Crippen LogP contribution in [0.4, 0.5) is 21.8 Å². The van der Waals surface area contributed by atoms with Crippen molar-refractivity contribution < 1.29 is 4.39 Å². The van der Waals surface area contributed by atoms with E-state index in [0.717, 1.165) is 25.3 Å². The number of piperazine rings is 1. The Morgan fingerprint density at radius 3 is 2.83 bits per heavy atom. The Bertz CT molecular complexity index is 667. The Morgan fingerprint density at radius 1 is 1.30 bits per heavy atom. The molecule has 1 saturated heterocycles. The quantitative estimate of drug-likeness (QED) is 0.902. The molecule has 1 aromatic heterocycles. The number of hydrogen-bond donors (Lipinski definition) is 2. The lowest BCUT2D eigenvalue weighted by atomic mass is 10.2. The molecule has 0 radical (unpaired) electrons. The third kappa shape index (κ3) is 4.09. The summed E-state index contributed by atoms with van der Waals surface area (Å²) in [6, 6.07) is 8.73. The summed E-state index contributed by atoms with van der Waals surface area (Å²) >= 11 is 0. The standard InChI is InChI=1S/C16H20FN5.ClH/c1-11-9-15(20-14-6-4-3-5-13(14)17)21-16(19-11)22-8-7-18-10-12(22)2;/h3-6,9,12,18H,7-8,10H2,1-2H3,(H,19,20,21);1H. The first kappa shape index (κ1) is 17.4. The van der Waals surface area contributed by atoms with E-state index in [2.05, 4.69) is 32.4 Å². The Labute approximate surface area is 141 Å². The maximum Gasteiger partial charge on any atom is 0.227 e. The van der Waals surface area contributed by atoms with Crippen LogP contribution in [0.1, 0.15) is 12.6 Å². The van der Waals surface area contributed by atoms with E-state index in [1.54, 1.807) is 18.2 Å². The summed E-state index contributed by atoms with van der Waals surface area (Å²) in [5.41, 5.74) is 1.27. The largest absolute Gasteiger partial charge is 0.338 e. The van der Waals surface area contributed by atoms with E-state index in [4.69, 9.17) is 0 Å². The van der Waals surface area contributed by atoms with Crippen molar-refractivity contribution in [3.05, 3.63) is 41.8 Å². The van der Waals surface area contributed by atoms with Gasteiger partial charge in [-0.3, -0.25) is 0 Å². The fraction of sp³-hybridized carbons (Fsp3) is 0.375. The summed E-state index contributed by atoms with van der Waals surface area (Å²) < 4.78 is 13.8. The van der Waals surface area contributed by atoms with Crippen molar-refractivity contribution in [2.45, 2.75) is 19.9 Å². The van der Waals surface area contributed by atoms with Crippen LogP contribution in [-0.2, 0) is 0 Å². The molecule has 2 heterocycles. The molecule has 1 aromatic carbocycles. The number of rotatable bonds is 3. The molecule has 1 atom stereocenters. The van der Waals surface area contributed by atoms with Crippen LogP contribution >= 0.6 is 12.4 Å². The van der Waals surface area contributed by atoms with Crippen LogP contribution in [0.2, 0.25) is 0 Å². The molecule has 1 unspecified atom stereocenters. The number of hydrogen-bond acceptors (Lipinski definition) is 5. The van der Waals surface area contributed by atoms with Gasteiger partial charge in [0, 0.05) is 37.4 Å². The van der Waals surface area contributed by atoms with E-state index >= 15 is 0 Å². The van der Waals surface area contributed by atoms with Gasteiger partial charge < -0.3 is 15.5 Å². The summed E-state index contributed by atoms with van der Waals surface area (Å²) in [6.45, 7) is 6.75. The van der Waals surface area contributed by atoms with Crippen molar-refractivity contribution in [1.29, 1.82) is 0 Å². The molecule has 0 saturated carbocycles. The Hall–Kier alpha value is -1.92. The fourth-order valence-corrected chi connectivity index (χ4v) is 2.58. The van der Waals surface area contributed by atoms with E-state index in [-0.39, 0.29) is 18.2 Å². The monoisotopic (exact) mass is 337 g/mol. The highest BCUT2D eigenvalue weighted by Crippen LogP contribution is 2.21. The summed E-state index contributed by atoms with van der Waals surface area (Å²) in [4.78, 5) is 11.3. The Kier molecular flexibility index (Phi) is 5.74. The van der Waals surface area contributed by atoms with Gasteiger partial charge in [-0.15, -0.1) is 12.4 Å². The number of benzene rings is 1. The molecule has 23 heavy (non-hydrogen) atoms. The van der Waals surface area contributed by atoms with Gasteiger partial charge in [0.05, 0.1) is 5.69 Å². The highest BCUT2D eigenvalue weighted by molar-refractivity contribution is 5.85. The van der Waals surface area contributed by atoms with Gasteiger partial charge in [0.2, 0.25) is 5.95 Å². The van der Waals surface area contributed by atoms with Crippen LogP contribution in [0.25, 0.3) is 0 Å². The molecule has 0 amide bonds. The normalized spacial score (nSPS) is 17.5. The van der Waals surface area contributed by atoms with E-state index < -0.39 is 0 Å². The van der Waals surface area contributed by atoms with Gasteiger partial charge in [0.1, 0.15) is 11.6 Å². The van der Waals surface area contributed by atoms with Crippen LogP contribution in [-0.4, -0.2) is 35.6 Å². The molecule has 0 spiro atoms. The predicted octanol–water partition coefficient (Wildman–Crippen LogP) is 2.89. The van der Waals surface area contributed by atoms with Crippen molar-refractivity contribution in [3.63, 3.8) is 0 Å². The predicted molar refractivity (Wildman–Crippen MR) is 93.4 cm³/mol. The molecular formula is C16H21ClFN5. The number of aryl methyl sites for hydroxylation is 1. The number of nitrogens with one attached hydrogen (secondary N) is 2. The average molecular weight is 338 g/mol. The minimum absolute atomic E-state index is 0. The SMILES string of the molecule is Cc1cc(Nc2ccccc2F)nc(N2CCNCC2C)n1.Cl. The minimum atomic E-state index is -0.296. The van der Waals surface area contributed by atoms with E-state index in [1.165, 1.54) is 6.07 Å². The van der Waals surface area contributed by atoms with Gasteiger partial charge in [0.25, 0.3) is 0 Å². The molecule has 5 nitrogen and oxygen atoms in total. The maximum atomic E-state index is 13.8. The molecule has 124 valence electrons. The van der Waals surface area contributed by atoms with Crippen molar-refractivity contribution in [2.24, 2.45) is 0 Å². The molecular weight excluding hydrogens is 317 g/mol. The first-order valence-electron chi connectivity index (χ1n) is 7.48. The van der Waals surface area contributed by atoms with E-state index in [9.17, 15) is 4.39 Å². The number of anilines is 3. The van der Waals surface area contributed by atoms with Crippen molar-refractivity contribution >= 4 is 29.9 Å². The lowest BCUT2D eigenvalue weighted by Gasteiger charge is -2.34. The van der Waals surface area contributed by atoms with Gasteiger partial charge in [-0.25, -0.2) is 9.37 Å². The zero-order valence-electron chi connectivity index (χ0n) is 13.2. The third-order valence-corrected chi connectivity index (χ3v) is 3.74. The van der Waals surface area contributed by atoms with Gasteiger partial charge >= 0.3 is 0 Å². The van der Waals surface area contributed by atoms with Crippen LogP contribution in [0.3, 0.4) is 0 Å². The number of para-hydroxylation sites is 1. The van der Waals surface area contributed by atoms with E-state index in [0.29, 0.717) is 23.5 Å². The molecule has 0 aliphatic carbocycles. The molecule has 2 aromatic rings. The van der Waals surface area contributed by atoms with Crippen LogP contribution in [0.15, 0.2) is 30.3 Å². The van der Waals surface area contributed by atoms with Crippen LogP contribution < -0.4 is 15.5 Å². The zero-order valence-corrected chi connectivity index (χ0v) is 14.0. The summed E-state index contributed by atoms with van der Waals surface area (Å²) in [5, 5.41) is 6.39. The van der Waals surface area contributed by atoms with E-state index in [1.807, 2.05) is 13.0 Å². The first-order valence-corrected chi connectivity index (χ1v) is 7.48. The second-order valence-corrected chi connectivity index (χ2v) is 5.55. The molecule has 7 heteroatoms. The van der Waals surface area contributed by atoms with Gasteiger partial charge in [0.15, 0.2) is 0 Å². The average Bonchev–Trinajstić information content (AvgIpc) is 2.49.